The van der Waals surface area contributed by atoms with Crippen LogP contribution in [0.1, 0.15) is 54.1 Å². The fourth-order valence-corrected chi connectivity index (χ4v) is 2.42. The number of benzene rings is 2. The normalized spacial score (nSPS) is 10.3. The highest BCUT2D eigenvalue weighted by Gasteiger charge is 2.17. The first kappa shape index (κ1) is 18.6. The molecule has 2 rings (SSSR count). The van der Waals surface area contributed by atoms with Crippen LogP contribution >= 0.6 is 0 Å². The van der Waals surface area contributed by atoms with Gasteiger partial charge in [-0.25, -0.2) is 9.18 Å². The standard InChI is InChI=1S/C20H19F2NO2/c1-2-3-4-5-6-14-7-9-15(10-8-14)20(24)25-17-12-11-16(13-23)18(21)19(17)22/h7-12H,2-6H2,1H3. The monoisotopic (exact) mass is 343 g/mol. The molecule has 0 aliphatic carbocycles. The molecule has 0 unspecified atom stereocenters. The van der Waals surface area contributed by atoms with Gasteiger partial charge in [-0.1, -0.05) is 38.3 Å². The van der Waals surface area contributed by atoms with Gasteiger partial charge in [0.1, 0.15) is 6.07 Å². The van der Waals surface area contributed by atoms with Crippen LogP contribution in [0, 0.1) is 23.0 Å². The van der Waals surface area contributed by atoms with E-state index in [0.29, 0.717) is 0 Å². The van der Waals surface area contributed by atoms with Crippen molar-refractivity contribution in [1.29, 1.82) is 5.26 Å². The smallest absolute Gasteiger partial charge is 0.343 e. The number of nitriles is 1. The lowest BCUT2D eigenvalue weighted by Crippen LogP contribution is -2.10. The van der Waals surface area contributed by atoms with Gasteiger partial charge in [-0.3, -0.25) is 0 Å². The molecule has 0 heterocycles. The van der Waals surface area contributed by atoms with E-state index >= 15 is 0 Å². The molecular formula is C20H19F2NO2. The molecule has 0 atom stereocenters. The van der Waals surface area contributed by atoms with Gasteiger partial charge in [-0.15, -0.1) is 0 Å². The highest BCUT2D eigenvalue weighted by Crippen LogP contribution is 2.23. The average molecular weight is 343 g/mol. The van der Waals surface area contributed by atoms with Crippen LogP contribution < -0.4 is 4.74 Å². The molecule has 0 aliphatic heterocycles. The third-order valence-electron chi connectivity index (χ3n) is 3.88. The first-order valence-electron chi connectivity index (χ1n) is 8.26. The van der Waals surface area contributed by atoms with Crippen LogP contribution in [0.2, 0.25) is 0 Å². The lowest BCUT2D eigenvalue weighted by atomic mass is 10.0. The van der Waals surface area contributed by atoms with Crippen molar-refractivity contribution in [2.45, 2.75) is 39.0 Å². The van der Waals surface area contributed by atoms with Crippen LogP contribution in [-0.4, -0.2) is 5.97 Å². The fraction of sp³-hybridized carbons (Fsp3) is 0.300. The van der Waals surface area contributed by atoms with Gasteiger partial charge < -0.3 is 4.74 Å². The van der Waals surface area contributed by atoms with Crippen molar-refractivity contribution in [1.82, 2.24) is 0 Å². The molecule has 0 spiro atoms. The van der Waals surface area contributed by atoms with Gasteiger partial charge in [0.25, 0.3) is 0 Å². The molecule has 0 aliphatic rings. The Bertz CT molecular complexity index is 780. The molecule has 0 saturated carbocycles. The van der Waals surface area contributed by atoms with Crippen molar-refractivity contribution < 1.29 is 18.3 Å². The van der Waals surface area contributed by atoms with Crippen LogP contribution in [0.25, 0.3) is 0 Å². The molecule has 0 aromatic heterocycles. The SMILES string of the molecule is CCCCCCc1ccc(C(=O)Oc2ccc(C#N)c(F)c2F)cc1. The summed E-state index contributed by atoms with van der Waals surface area (Å²) in [6.07, 6.45) is 5.58. The second kappa shape index (κ2) is 8.93. The molecule has 0 saturated heterocycles. The minimum atomic E-state index is -1.35. The molecule has 25 heavy (non-hydrogen) atoms. The van der Waals surface area contributed by atoms with E-state index < -0.39 is 28.9 Å². The topological polar surface area (TPSA) is 50.1 Å². The molecule has 3 nitrogen and oxygen atoms in total. The minimum absolute atomic E-state index is 0.251. The zero-order valence-corrected chi connectivity index (χ0v) is 14.0. The number of rotatable bonds is 7. The zero-order chi connectivity index (χ0) is 18.2. The van der Waals surface area contributed by atoms with E-state index in [9.17, 15) is 13.6 Å². The number of ether oxygens (including phenoxy) is 1. The molecule has 0 fully saturated rings. The van der Waals surface area contributed by atoms with E-state index in [1.165, 1.54) is 25.3 Å². The number of halogens is 2. The minimum Gasteiger partial charge on any atom is -0.420 e. The van der Waals surface area contributed by atoms with E-state index in [1.54, 1.807) is 12.1 Å². The van der Waals surface area contributed by atoms with Crippen molar-refractivity contribution in [2.75, 3.05) is 0 Å². The third kappa shape index (κ3) is 4.87. The Kier molecular flexibility index (Phi) is 6.64. The maximum atomic E-state index is 13.8. The van der Waals surface area contributed by atoms with Crippen LogP contribution in [0.4, 0.5) is 8.78 Å². The van der Waals surface area contributed by atoms with E-state index in [4.69, 9.17) is 10.00 Å². The number of aryl methyl sites for hydroxylation is 1. The van der Waals surface area contributed by atoms with Gasteiger partial charge in [0.05, 0.1) is 11.1 Å². The molecule has 130 valence electrons. The number of hydrogen-bond donors (Lipinski definition) is 0. The molecule has 2 aromatic rings. The molecule has 0 bridgehead atoms. The summed E-state index contributed by atoms with van der Waals surface area (Å²) in [4.78, 5) is 12.1. The fourth-order valence-electron chi connectivity index (χ4n) is 2.42. The van der Waals surface area contributed by atoms with Crippen molar-refractivity contribution in [3.63, 3.8) is 0 Å². The predicted molar refractivity (Wildman–Crippen MR) is 90.3 cm³/mol. The lowest BCUT2D eigenvalue weighted by Gasteiger charge is -2.07. The number of unbranched alkanes of at least 4 members (excludes halogenated alkanes) is 3. The second-order valence-electron chi connectivity index (χ2n) is 5.75. The molecule has 0 amide bonds. The molecule has 0 N–H and O–H groups in total. The third-order valence-corrected chi connectivity index (χ3v) is 3.88. The summed E-state index contributed by atoms with van der Waals surface area (Å²) < 4.78 is 32.2. The summed E-state index contributed by atoms with van der Waals surface area (Å²) in [6.45, 7) is 2.16. The van der Waals surface area contributed by atoms with Crippen LogP contribution in [0.3, 0.4) is 0 Å². The molecule has 2 aromatic carbocycles. The van der Waals surface area contributed by atoms with Crippen molar-refractivity contribution >= 4 is 5.97 Å². The van der Waals surface area contributed by atoms with Gasteiger partial charge in [0.2, 0.25) is 5.82 Å². The van der Waals surface area contributed by atoms with Gasteiger partial charge in [-0.05, 0) is 42.7 Å². The largest absolute Gasteiger partial charge is 0.420 e. The Morgan fingerprint density at radius 3 is 2.40 bits per heavy atom. The molecule has 0 radical (unpaired) electrons. The highest BCUT2D eigenvalue weighted by atomic mass is 19.2. The van der Waals surface area contributed by atoms with Gasteiger partial charge in [0, 0.05) is 0 Å². The van der Waals surface area contributed by atoms with Crippen molar-refractivity contribution in [2.24, 2.45) is 0 Å². The Hall–Kier alpha value is -2.74. The first-order valence-corrected chi connectivity index (χ1v) is 8.26. The maximum Gasteiger partial charge on any atom is 0.343 e. The summed E-state index contributed by atoms with van der Waals surface area (Å²) in [5, 5.41) is 8.65. The Labute approximate surface area is 145 Å². The zero-order valence-electron chi connectivity index (χ0n) is 14.0. The number of hydrogen-bond acceptors (Lipinski definition) is 3. The Balaban J connectivity index is 2.02. The van der Waals surface area contributed by atoms with Gasteiger partial charge in [0.15, 0.2) is 11.6 Å². The Morgan fingerprint density at radius 1 is 1.04 bits per heavy atom. The van der Waals surface area contributed by atoms with E-state index in [2.05, 4.69) is 6.92 Å². The van der Waals surface area contributed by atoms with E-state index in [1.807, 2.05) is 12.1 Å². The lowest BCUT2D eigenvalue weighted by molar-refractivity contribution is 0.0726. The van der Waals surface area contributed by atoms with E-state index in [0.717, 1.165) is 30.5 Å². The number of nitrogens with zero attached hydrogens (tertiary/aromatic N) is 1. The van der Waals surface area contributed by atoms with Crippen LogP contribution in [0.5, 0.6) is 5.75 Å². The predicted octanol–water partition coefficient (Wildman–Crippen LogP) is 5.18. The number of carbonyl (C=O) groups excluding carboxylic acids is 1. The summed E-state index contributed by atoms with van der Waals surface area (Å²) in [7, 11) is 0. The number of carbonyl (C=O) groups is 1. The maximum absolute atomic E-state index is 13.8. The summed E-state index contributed by atoms with van der Waals surface area (Å²) in [5.74, 6) is -3.99. The highest BCUT2D eigenvalue weighted by molar-refractivity contribution is 5.91. The molecular weight excluding hydrogens is 324 g/mol. The molecule has 5 heteroatoms. The van der Waals surface area contributed by atoms with E-state index in [-0.39, 0.29) is 5.56 Å². The van der Waals surface area contributed by atoms with Crippen LogP contribution in [0.15, 0.2) is 36.4 Å². The van der Waals surface area contributed by atoms with Crippen LogP contribution in [-0.2, 0) is 6.42 Å². The summed E-state index contributed by atoms with van der Waals surface area (Å²) >= 11 is 0. The van der Waals surface area contributed by atoms with Gasteiger partial charge in [-0.2, -0.15) is 9.65 Å². The Morgan fingerprint density at radius 2 is 1.76 bits per heavy atom. The summed E-state index contributed by atoms with van der Waals surface area (Å²) in [6, 6.07) is 10.5. The number of esters is 1. The second-order valence-corrected chi connectivity index (χ2v) is 5.75. The van der Waals surface area contributed by atoms with Gasteiger partial charge >= 0.3 is 5.97 Å². The van der Waals surface area contributed by atoms with Crippen molar-refractivity contribution in [3.05, 3.63) is 64.7 Å². The van der Waals surface area contributed by atoms with Crippen molar-refractivity contribution in [3.8, 4) is 11.8 Å². The summed E-state index contributed by atoms with van der Waals surface area (Å²) in [5.41, 5.74) is 0.925. The first-order chi connectivity index (χ1) is 12.1. The quantitative estimate of drug-likeness (QED) is 0.395. The average Bonchev–Trinajstić information content (AvgIpc) is 2.63.